The Balaban J connectivity index is 1.17. The van der Waals surface area contributed by atoms with Crippen LogP contribution >= 0.6 is 11.3 Å². The number of piperazine rings is 1. The molecule has 0 radical (unpaired) electrons. The average molecular weight is 519 g/mol. The third kappa shape index (κ3) is 4.85. The van der Waals surface area contributed by atoms with Gasteiger partial charge in [0.25, 0.3) is 11.8 Å². The fourth-order valence-corrected chi connectivity index (χ4v) is 5.08. The normalized spacial score (nSPS) is 17.2. The second kappa shape index (κ2) is 9.62. The first-order chi connectivity index (χ1) is 17.2. The lowest BCUT2D eigenvalue weighted by atomic mass is 9.99. The summed E-state index contributed by atoms with van der Waals surface area (Å²) in [5.74, 6) is -1.15. The second-order valence-electron chi connectivity index (χ2n) is 8.84. The third-order valence-electron chi connectivity index (χ3n) is 6.64. The van der Waals surface area contributed by atoms with Gasteiger partial charge in [0.15, 0.2) is 0 Å². The minimum Gasteiger partial charge on any atom is -0.335 e. The maximum absolute atomic E-state index is 14.8. The van der Waals surface area contributed by atoms with Gasteiger partial charge in [-0.1, -0.05) is 18.2 Å². The minimum absolute atomic E-state index is 0.00389. The highest BCUT2D eigenvalue weighted by molar-refractivity contribution is 7.07. The van der Waals surface area contributed by atoms with E-state index in [0.29, 0.717) is 45.0 Å². The average Bonchev–Trinajstić information content (AvgIpc) is 3.37. The summed E-state index contributed by atoms with van der Waals surface area (Å²) in [6.07, 6.45) is -4.53. The van der Waals surface area contributed by atoms with Crippen molar-refractivity contribution < 1.29 is 27.2 Å². The number of rotatable bonds is 4. The number of aromatic nitrogens is 1. The molecule has 2 aliphatic heterocycles. The van der Waals surface area contributed by atoms with Gasteiger partial charge in [0.05, 0.1) is 11.1 Å². The molecule has 3 heterocycles. The van der Waals surface area contributed by atoms with Gasteiger partial charge >= 0.3 is 6.18 Å². The van der Waals surface area contributed by atoms with Crippen molar-refractivity contribution in [1.82, 2.24) is 19.7 Å². The van der Waals surface area contributed by atoms with Crippen molar-refractivity contribution in [1.29, 1.82) is 0 Å². The number of carbonyl (C=O) groups excluding carboxylic acids is 2. The van der Waals surface area contributed by atoms with Crippen LogP contribution in [0.5, 0.6) is 0 Å². The first kappa shape index (κ1) is 24.4. The van der Waals surface area contributed by atoms with Crippen molar-refractivity contribution in [2.45, 2.75) is 12.2 Å². The van der Waals surface area contributed by atoms with Crippen molar-refractivity contribution in [2.24, 2.45) is 0 Å². The van der Waals surface area contributed by atoms with Gasteiger partial charge in [-0.05, 0) is 29.8 Å². The first-order valence-electron chi connectivity index (χ1n) is 11.4. The maximum Gasteiger partial charge on any atom is 0.416 e. The zero-order valence-corrected chi connectivity index (χ0v) is 19.9. The quantitative estimate of drug-likeness (QED) is 0.485. The van der Waals surface area contributed by atoms with Gasteiger partial charge in [-0.2, -0.15) is 13.2 Å². The Morgan fingerprint density at radius 3 is 2.33 bits per heavy atom. The van der Waals surface area contributed by atoms with Crippen LogP contribution in [0.25, 0.3) is 11.1 Å². The summed E-state index contributed by atoms with van der Waals surface area (Å²) in [5.41, 5.74) is 1.48. The molecule has 188 valence electrons. The van der Waals surface area contributed by atoms with Crippen LogP contribution in [0.2, 0.25) is 0 Å². The number of amides is 2. The summed E-state index contributed by atoms with van der Waals surface area (Å²) in [6.45, 7) is 3.56. The highest BCUT2D eigenvalue weighted by Gasteiger charge is 2.37. The van der Waals surface area contributed by atoms with Crippen molar-refractivity contribution in [3.05, 3.63) is 76.0 Å². The molecule has 0 atom stereocenters. The second-order valence-corrected chi connectivity index (χ2v) is 9.56. The van der Waals surface area contributed by atoms with Crippen molar-refractivity contribution in [3.8, 4) is 11.1 Å². The topological polar surface area (TPSA) is 56.8 Å². The molecule has 0 unspecified atom stereocenters. The molecule has 36 heavy (non-hydrogen) atoms. The fraction of sp³-hybridized carbons (Fsp3) is 0.320. The van der Waals surface area contributed by atoms with Gasteiger partial charge in [-0.3, -0.25) is 14.5 Å². The van der Waals surface area contributed by atoms with Gasteiger partial charge in [-0.25, -0.2) is 9.37 Å². The molecular formula is C25H22F4N4O2S. The number of thiazole rings is 1. The molecule has 2 aliphatic rings. The largest absolute Gasteiger partial charge is 0.416 e. The molecule has 0 saturated carbocycles. The molecule has 2 aromatic carbocycles. The zero-order valence-electron chi connectivity index (χ0n) is 19.0. The Kier molecular flexibility index (Phi) is 6.52. The molecule has 2 amide bonds. The molecule has 0 spiro atoms. The summed E-state index contributed by atoms with van der Waals surface area (Å²) >= 11 is 1.38. The SMILES string of the molecule is O=C(c1ccc(-c2cccc(C(F)(F)F)c2)c(F)c1)N1CC(N2CCN(C(=O)c3cscn3)CC2)C1. The number of hydrogen-bond acceptors (Lipinski definition) is 5. The Morgan fingerprint density at radius 1 is 0.944 bits per heavy atom. The third-order valence-corrected chi connectivity index (χ3v) is 7.22. The van der Waals surface area contributed by atoms with Crippen molar-refractivity contribution in [3.63, 3.8) is 0 Å². The van der Waals surface area contributed by atoms with Gasteiger partial charge in [0, 0.05) is 61.8 Å². The van der Waals surface area contributed by atoms with Gasteiger partial charge in [-0.15, -0.1) is 11.3 Å². The number of likely N-dealkylation sites (tertiary alicyclic amines) is 1. The van der Waals surface area contributed by atoms with Crippen LogP contribution in [0.1, 0.15) is 26.4 Å². The van der Waals surface area contributed by atoms with Gasteiger partial charge < -0.3 is 9.80 Å². The highest BCUT2D eigenvalue weighted by Crippen LogP contribution is 2.33. The fourth-order valence-electron chi connectivity index (χ4n) is 4.55. The van der Waals surface area contributed by atoms with E-state index in [1.807, 2.05) is 0 Å². The number of benzene rings is 2. The van der Waals surface area contributed by atoms with E-state index in [1.54, 1.807) is 20.7 Å². The van der Waals surface area contributed by atoms with Crippen LogP contribution in [0, 0.1) is 5.82 Å². The van der Waals surface area contributed by atoms with E-state index in [-0.39, 0.29) is 34.5 Å². The van der Waals surface area contributed by atoms with E-state index in [0.717, 1.165) is 18.2 Å². The van der Waals surface area contributed by atoms with E-state index in [4.69, 9.17) is 0 Å². The van der Waals surface area contributed by atoms with Crippen molar-refractivity contribution >= 4 is 23.2 Å². The number of halogens is 4. The smallest absolute Gasteiger partial charge is 0.335 e. The Labute approximate surface area is 208 Å². The van der Waals surface area contributed by atoms with E-state index < -0.39 is 17.6 Å². The Morgan fingerprint density at radius 2 is 1.69 bits per heavy atom. The van der Waals surface area contributed by atoms with E-state index in [1.165, 1.54) is 35.6 Å². The molecule has 6 nitrogen and oxygen atoms in total. The van der Waals surface area contributed by atoms with E-state index >= 15 is 0 Å². The highest BCUT2D eigenvalue weighted by atomic mass is 32.1. The summed E-state index contributed by atoms with van der Waals surface area (Å²) in [4.78, 5) is 35.0. The van der Waals surface area contributed by atoms with Crippen LogP contribution in [0.3, 0.4) is 0 Å². The molecule has 0 bridgehead atoms. The molecule has 5 rings (SSSR count). The van der Waals surface area contributed by atoms with Crippen LogP contribution in [-0.4, -0.2) is 76.8 Å². The van der Waals surface area contributed by atoms with Crippen LogP contribution < -0.4 is 0 Å². The molecule has 11 heteroatoms. The van der Waals surface area contributed by atoms with Crippen molar-refractivity contribution in [2.75, 3.05) is 39.3 Å². The summed E-state index contributed by atoms with van der Waals surface area (Å²) in [7, 11) is 0. The zero-order chi connectivity index (χ0) is 25.4. The lowest BCUT2D eigenvalue weighted by Gasteiger charge is -2.48. The number of alkyl halides is 3. The molecule has 0 N–H and O–H groups in total. The lowest BCUT2D eigenvalue weighted by Crippen LogP contribution is -2.64. The standard InChI is InChI=1S/C25H22F4N4O2S/c26-21-11-17(4-5-20(21)16-2-1-3-18(10-16)25(27,28)29)23(34)33-12-19(13-33)31-6-8-32(9-7-31)24(35)22-14-36-15-30-22/h1-5,10-11,14-15,19H,6-9,12-13H2. The Hall–Kier alpha value is -3.31. The first-order valence-corrected chi connectivity index (χ1v) is 12.3. The maximum atomic E-state index is 14.8. The number of nitrogens with zero attached hydrogens (tertiary/aromatic N) is 4. The molecule has 0 aliphatic carbocycles. The van der Waals surface area contributed by atoms with E-state index in [2.05, 4.69) is 9.88 Å². The molecule has 3 aromatic rings. The predicted octanol–water partition coefficient (Wildman–Crippen LogP) is 4.25. The summed E-state index contributed by atoms with van der Waals surface area (Å²) in [5, 5.41) is 1.74. The predicted molar refractivity (Wildman–Crippen MR) is 126 cm³/mol. The van der Waals surface area contributed by atoms with E-state index in [9.17, 15) is 27.2 Å². The monoisotopic (exact) mass is 518 g/mol. The summed E-state index contributed by atoms with van der Waals surface area (Å²) < 4.78 is 53.8. The van der Waals surface area contributed by atoms with Crippen LogP contribution in [0.4, 0.5) is 17.6 Å². The van der Waals surface area contributed by atoms with Crippen LogP contribution in [-0.2, 0) is 6.18 Å². The lowest BCUT2D eigenvalue weighted by molar-refractivity contribution is -0.137. The minimum atomic E-state index is -4.53. The number of hydrogen-bond donors (Lipinski definition) is 0. The molecule has 2 fully saturated rings. The molecular weight excluding hydrogens is 496 g/mol. The van der Waals surface area contributed by atoms with Crippen LogP contribution in [0.15, 0.2) is 53.4 Å². The van der Waals surface area contributed by atoms with Gasteiger partial charge in [0.1, 0.15) is 11.5 Å². The summed E-state index contributed by atoms with van der Waals surface area (Å²) in [6, 6.07) is 8.48. The molecule has 2 saturated heterocycles. The van der Waals surface area contributed by atoms with Gasteiger partial charge in [0.2, 0.25) is 0 Å². The molecule has 1 aromatic heterocycles. The number of carbonyl (C=O) groups is 2. The Bertz CT molecular complexity index is 1270.